The first-order valence-corrected chi connectivity index (χ1v) is 10.8. The first kappa shape index (κ1) is 21.0. The number of piperazine rings is 1. The van der Waals surface area contributed by atoms with E-state index in [9.17, 15) is 5.11 Å². The molecule has 0 amide bonds. The van der Waals surface area contributed by atoms with Gasteiger partial charge in [0.2, 0.25) is 0 Å². The third kappa shape index (κ3) is 5.44. The first-order chi connectivity index (χ1) is 13.6. The minimum atomic E-state index is -0.795. The molecule has 3 nitrogen and oxygen atoms in total. The Kier molecular flexibility index (Phi) is 7.66. The van der Waals surface area contributed by atoms with Gasteiger partial charge < -0.3 is 14.9 Å². The van der Waals surface area contributed by atoms with E-state index in [0.717, 1.165) is 64.0 Å². The summed E-state index contributed by atoms with van der Waals surface area (Å²) in [6, 6.07) is 21.0. The second kappa shape index (κ2) is 10.2. The Hall–Kier alpha value is -1.68. The van der Waals surface area contributed by atoms with E-state index in [1.54, 1.807) is 0 Å². The molecule has 0 aliphatic carbocycles. The Balaban J connectivity index is 1.88. The van der Waals surface area contributed by atoms with Crippen molar-refractivity contribution < 1.29 is 5.11 Å². The molecule has 1 heterocycles. The lowest BCUT2D eigenvalue weighted by atomic mass is 9.74. The Labute approximate surface area is 171 Å². The molecule has 1 N–H and O–H groups in total. The fraction of sp³-hybridized carbons (Fsp3) is 0.520. The van der Waals surface area contributed by atoms with Crippen molar-refractivity contribution >= 4 is 0 Å². The predicted molar refractivity (Wildman–Crippen MR) is 117 cm³/mol. The van der Waals surface area contributed by atoms with Crippen molar-refractivity contribution in [2.45, 2.75) is 38.2 Å². The first-order valence-electron chi connectivity index (χ1n) is 10.8. The van der Waals surface area contributed by atoms with Gasteiger partial charge in [-0.1, -0.05) is 80.4 Å². The minimum absolute atomic E-state index is 0.173. The lowest BCUT2D eigenvalue weighted by molar-refractivity contribution is -0.0496. The summed E-state index contributed by atoms with van der Waals surface area (Å²) < 4.78 is 0. The Morgan fingerprint density at radius 1 is 0.929 bits per heavy atom. The molecule has 0 bridgehead atoms. The molecule has 1 aliphatic rings. The molecule has 0 saturated carbocycles. The van der Waals surface area contributed by atoms with Crippen molar-refractivity contribution in [3.05, 3.63) is 71.8 Å². The van der Waals surface area contributed by atoms with E-state index in [4.69, 9.17) is 0 Å². The predicted octanol–water partition coefficient (Wildman–Crippen LogP) is 4.17. The molecule has 0 spiro atoms. The van der Waals surface area contributed by atoms with Crippen LogP contribution in [0.25, 0.3) is 0 Å². The zero-order chi connectivity index (χ0) is 19.8. The zero-order valence-corrected chi connectivity index (χ0v) is 17.6. The van der Waals surface area contributed by atoms with Crippen molar-refractivity contribution in [2.75, 3.05) is 39.8 Å². The zero-order valence-electron chi connectivity index (χ0n) is 17.6. The van der Waals surface area contributed by atoms with Crippen LogP contribution < -0.4 is 0 Å². The van der Waals surface area contributed by atoms with Gasteiger partial charge in [0.15, 0.2) is 0 Å². The van der Waals surface area contributed by atoms with Gasteiger partial charge in [-0.05, 0) is 31.0 Å². The maximum absolute atomic E-state index is 12.1. The van der Waals surface area contributed by atoms with Crippen LogP contribution in [0.5, 0.6) is 0 Å². The molecule has 0 radical (unpaired) electrons. The summed E-state index contributed by atoms with van der Waals surface area (Å²) in [7, 11) is 2.19. The number of hydrogen-bond acceptors (Lipinski definition) is 3. The van der Waals surface area contributed by atoms with Crippen molar-refractivity contribution in [3.63, 3.8) is 0 Å². The van der Waals surface area contributed by atoms with Gasteiger partial charge in [0.25, 0.3) is 0 Å². The topological polar surface area (TPSA) is 26.7 Å². The molecule has 2 unspecified atom stereocenters. The molecule has 0 aromatic heterocycles. The molecule has 2 aromatic carbocycles. The Morgan fingerprint density at radius 2 is 1.54 bits per heavy atom. The average molecular weight is 381 g/mol. The van der Waals surface area contributed by atoms with Crippen LogP contribution in [0.3, 0.4) is 0 Å². The largest absolute Gasteiger partial charge is 0.385 e. The van der Waals surface area contributed by atoms with Crippen molar-refractivity contribution in [3.8, 4) is 0 Å². The molecule has 1 fully saturated rings. The summed E-state index contributed by atoms with van der Waals surface area (Å²) in [6.07, 6.45) is 3.86. The van der Waals surface area contributed by atoms with E-state index in [1.807, 2.05) is 6.07 Å². The fourth-order valence-corrected chi connectivity index (χ4v) is 4.38. The molecule has 28 heavy (non-hydrogen) atoms. The molecule has 3 rings (SSSR count). The van der Waals surface area contributed by atoms with Gasteiger partial charge in [-0.2, -0.15) is 0 Å². The Morgan fingerprint density at radius 3 is 2.14 bits per heavy atom. The number of rotatable bonds is 9. The molecule has 1 aliphatic heterocycles. The van der Waals surface area contributed by atoms with Crippen molar-refractivity contribution in [1.29, 1.82) is 0 Å². The highest BCUT2D eigenvalue weighted by Crippen LogP contribution is 2.37. The highest BCUT2D eigenvalue weighted by atomic mass is 16.3. The maximum Gasteiger partial charge on any atom is 0.0939 e. The summed E-state index contributed by atoms with van der Waals surface area (Å²) >= 11 is 0. The van der Waals surface area contributed by atoms with E-state index in [1.165, 1.54) is 5.56 Å². The van der Waals surface area contributed by atoms with E-state index in [2.05, 4.69) is 78.4 Å². The summed E-state index contributed by atoms with van der Waals surface area (Å²) in [6.45, 7) is 7.53. The van der Waals surface area contributed by atoms with E-state index in [0.29, 0.717) is 0 Å². The van der Waals surface area contributed by atoms with Crippen LogP contribution in [0.2, 0.25) is 0 Å². The Bertz CT molecular complexity index is 682. The van der Waals surface area contributed by atoms with Crippen LogP contribution in [-0.4, -0.2) is 54.7 Å². The summed E-state index contributed by atoms with van der Waals surface area (Å²) in [4.78, 5) is 4.94. The van der Waals surface area contributed by atoms with Gasteiger partial charge in [-0.15, -0.1) is 0 Å². The van der Waals surface area contributed by atoms with Gasteiger partial charge >= 0.3 is 0 Å². The standard InChI is InChI=1S/C25H36N2O/c1-3-4-15-25(28,23-13-9-6-10-14-23)24(20-22-11-7-5-8-12-22)21-27-18-16-26(2)17-19-27/h5-14,24,28H,3-4,15-21H2,1-2H3. The van der Waals surface area contributed by atoms with Crippen LogP contribution in [0.1, 0.15) is 37.3 Å². The highest BCUT2D eigenvalue weighted by Gasteiger charge is 2.39. The SMILES string of the molecule is CCCCC(O)(c1ccccc1)C(Cc1ccccc1)CN1CCN(C)CC1. The normalized spacial score (nSPS) is 19.2. The van der Waals surface area contributed by atoms with Crippen LogP contribution in [-0.2, 0) is 12.0 Å². The third-order valence-corrected chi connectivity index (χ3v) is 6.26. The van der Waals surface area contributed by atoms with Crippen molar-refractivity contribution in [2.24, 2.45) is 5.92 Å². The highest BCUT2D eigenvalue weighted by molar-refractivity contribution is 5.25. The fourth-order valence-electron chi connectivity index (χ4n) is 4.38. The summed E-state index contributed by atoms with van der Waals surface area (Å²) in [5.74, 6) is 0.173. The van der Waals surface area contributed by atoms with Gasteiger partial charge in [0, 0.05) is 38.6 Å². The van der Waals surface area contributed by atoms with Crippen LogP contribution in [0.15, 0.2) is 60.7 Å². The van der Waals surface area contributed by atoms with E-state index < -0.39 is 5.60 Å². The summed E-state index contributed by atoms with van der Waals surface area (Å²) in [5.41, 5.74) is 1.59. The minimum Gasteiger partial charge on any atom is -0.385 e. The molecule has 3 heteroatoms. The molecule has 152 valence electrons. The van der Waals surface area contributed by atoms with Gasteiger partial charge in [0.1, 0.15) is 0 Å². The third-order valence-electron chi connectivity index (χ3n) is 6.26. The molecule has 2 aromatic rings. The van der Waals surface area contributed by atoms with Crippen molar-refractivity contribution in [1.82, 2.24) is 9.80 Å². The average Bonchev–Trinajstić information content (AvgIpc) is 2.74. The number of likely N-dealkylation sites (N-methyl/N-ethyl adjacent to an activating group) is 1. The number of nitrogens with zero attached hydrogens (tertiary/aromatic N) is 2. The lowest BCUT2D eigenvalue weighted by Gasteiger charge is -2.42. The summed E-state index contributed by atoms with van der Waals surface area (Å²) in [5, 5.41) is 12.1. The van der Waals surface area contributed by atoms with Crippen LogP contribution in [0, 0.1) is 5.92 Å². The van der Waals surface area contributed by atoms with Gasteiger partial charge in [-0.25, -0.2) is 0 Å². The molecular formula is C25H36N2O. The molecule has 1 saturated heterocycles. The second-order valence-corrected chi connectivity index (χ2v) is 8.38. The van der Waals surface area contributed by atoms with Crippen LogP contribution >= 0.6 is 0 Å². The van der Waals surface area contributed by atoms with Gasteiger partial charge in [-0.3, -0.25) is 0 Å². The van der Waals surface area contributed by atoms with Crippen LogP contribution in [0.4, 0.5) is 0 Å². The second-order valence-electron chi connectivity index (χ2n) is 8.38. The maximum atomic E-state index is 12.1. The number of hydrogen-bond donors (Lipinski definition) is 1. The monoisotopic (exact) mass is 380 g/mol. The number of unbranched alkanes of at least 4 members (excludes halogenated alkanes) is 1. The van der Waals surface area contributed by atoms with Gasteiger partial charge in [0.05, 0.1) is 5.60 Å². The molecule has 2 atom stereocenters. The quantitative estimate of drug-likeness (QED) is 0.707. The molecular weight excluding hydrogens is 344 g/mol. The van der Waals surface area contributed by atoms with E-state index in [-0.39, 0.29) is 5.92 Å². The lowest BCUT2D eigenvalue weighted by Crippen LogP contribution is -2.50. The van der Waals surface area contributed by atoms with E-state index >= 15 is 0 Å². The smallest absolute Gasteiger partial charge is 0.0939 e. The number of benzene rings is 2. The number of aliphatic hydroxyl groups is 1.